The Morgan fingerprint density at radius 2 is 1.65 bits per heavy atom. The molecule has 11 heteroatoms. The molecule has 0 aromatic heterocycles. The summed E-state index contributed by atoms with van der Waals surface area (Å²) >= 11 is 0. The molecular weight excluding hydrogens is 611 g/mol. The van der Waals surface area contributed by atoms with Gasteiger partial charge in [-0.15, -0.1) is 0 Å². The molecule has 0 radical (unpaired) electrons. The smallest absolute Gasteiger partial charge is 0.314 e. The van der Waals surface area contributed by atoms with Gasteiger partial charge in [-0.3, -0.25) is 9.59 Å². The first kappa shape index (κ1) is 39.5. The first-order valence-electron chi connectivity index (χ1n) is 16.4. The van der Waals surface area contributed by atoms with Crippen molar-refractivity contribution in [1.82, 2.24) is 20.0 Å². The number of halogens is 1. The maximum Gasteiger partial charge on any atom is 0.314 e. The summed E-state index contributed by atoms with van der Waals surface area (Å²) in [6.45, 7) is 11.0. The van der Waals surface area contributed by atoms with Crippen LogP contribution in [0.25, 0.3) is 0 Å². The van der Waals surface area contributed by atoms with Gasteiger partial charge in [0.15, 0.2) is 0 Å². The van der Waals surface area contributed by atoms with Crippen LogP contribution in [0.1, 0.15) is 62.9 Å². The number of nitrogens with zero attached hydrogens (tertiary/aromatic N) is 3. The Morgan fingerprint density at radius 3 is 2.19 bits per heavy atom. The van der Waals surface area contributed by atoms with Crippen LogP contribution in [-0.4, -0.2) is 79.9 Å². The number of ether oxygens (including phenoxy) is 1. The van der Waals surface area contributed by atoms with Gasteiger partial charge in [-0.05, 0) is 99.1 Å². The number of urea groups is 1. The van der Waals surface area contributed by atoms with E-state index >= 15 is 0 Å². The first-order valence-corrected chi connectivity index (χ1v) is 16.4. The monoisotopic (exact) mass is 664 g/mol. The number of nitrogens with one attached hydrogen (secondary N) is 2. The van der Waals surface area contributed by atoms with Crippen molar-refractivity contribution in [3.05, 3.63) is 95.1 Å². The summed E-state index contributed by atoms with van der Waals surface area (Å²) in [5.74, 6) is 0.616. The number of methoxy groups -OCH3 is 1. The van der Waals surface area contributed by atoms with Crippen molar-refractivity contribution < 1.29 is 23.5 Å². The van der Waals surface area contributed by atoms with Crippen LogP contribution in [0.4, 0.5) is 14.9 Å². The van der Waals surface area contributed by atoms with Gasteiger partial charge in [0.1, 0.15) is 11.6 Å². The summed E-state index contributed by atoms with van der Waals surface area (Å²) in [4.78, 5) is 40.9. The molecule has 2 aromatic carbocycles. The van der Waals surface area contributed by atoms with Crippen molar-refractivity contribution >= 4 is 23.5 Å². The van der Waals surface area contributed by atoms with E-state index in [0.717, 1.165) is 24.1 Å². The summed E-state index contributed by atoms with van der Waals surface area (Å²) in [7, 11) is 5.66. The number of piperazine rings is 1. The van der Waals surface area contributed by atoms with Gasteiger partial charge in [0, 0.05) is 50.9 Å². The molecule has 1 fully saturated rings. The van der Waals surface area contributed by atoms with E-state index < -0.39 is 6.03 Å². The highest BCUT2D eigenvalue weighted by Gasteiger charge is 2.23. The third kappa shape index (κ3) is 13.6. The Kier molecular flexibility index (Phi) is 16.9. The molecule has 1 heterocycles. The largest absolute Gasteiger partial charge is 0.495 e. The molecule has 0 bridgehead atoms. The number of allylic oxidation sites excluding steroid dienone is 4. The summed E-state index contributed by atoms with van der Waals surface area (Å²) < 4.78 is 18.2. The lowest BCUT2D eigenvalue weighted by Gasteiger charge is -2.33. The topological polar surface area (TPSA) is 120 Å². The second-order valence-corrected chi connectivity index (χ2v) is 12.1. The maximum atomic E-state index is 12.7. The number of carbonyl (C=O) groups is 3. The highest BCUT2D eigenvalue weighted by molar-refractivity contribution is 5.94. The zero-order valence-corrected chi connectivity index (χ0v) is 29.5. The van der Waals surface area contributed by atoms with E-state index in [1.165, 1.54) is 34.7 Å². The van der Waals surface area contributed by atoms with Crippen molar-refractivity contribution in [3.63, 3.8) is 0 Å². The lowest BCUT2D eigenvalue weighted by atomic mass is 9.99. The van der Waals surface area contributed by atoms with Crippen LogP contribution < -0.4 is 21.1 Å². The van der Waals surface area contributed by atoms with Crippen LogP contribution in [0, 0.1) is 11.7 Å². The van der Waals surface area contributed by atoms with Gasteiger partial charge in [-0.2, -0.15) is 0 Å². The number of benzene rings is 2. The summed E-state index contributed by atoms with van der Waals surface area (Å²) in [6.07, 6.45) is 10.2. The van der Waals surface area contributed by atoms with Crippen LogP contribution in [0.2, 0.25) is 0 Å². The van der Waals surface area contributed by atoms with Crippen LogP contribution >= 0.6 is 0 Å². The third-order valence-corrected chi connectivity index (χ3v) is 7.60. The molecule has 1 aliphatic heterocycles. The fourth-order valence-corrected chi connectivity index (χ4v) is 5.02. The Bertz CT molecular complexity index is 1430. The molecule has 1 saturated heterocycles. The van der Waals surface area contributed by atoms with Crippen molar-refractivity contribution in [2.45, 2.75) is 53.5 Å². The average molecular weight is 665 g/mol. The third-order valence-electron chi connectivity index (χ3n) is 7.60. The van der Waals surface area contributed by atoms with Crippen LogP contribution in [0.5, 0.6) is 5.75 Å². The molecule has 1 aliphatic rings. The highest BCUT2D eigenvalue weighted by Crippen LogP contribution is 2.27. The van der Waals surface area contributed by atoms with E-state index in [9.17, 15) is 18.8 Å². The zero-order valence-electron chi connectivity index (χ0n) is 29.5. The van der Waals surface area contributed by atoms with Gasteiger partial charge in [-0.25, -0.2) is 9.18 Å². The lowest BCUT2D eigenvalue weighted by molar-refractivity contribution is -0.116. The second-order valence-electron chi connectivity index (χ2n) is 12.1. The van der Waals surface area contributed by atoms with Crippen molar-refractivity contribution in [2.24, 2.45) is 11.7 Å². The second kappa shape index (κ2) is 20.6. The van der Waals surface area contributed by atoms with E-state index in [-0.39, 0.29) is 17.6 Å². The first-order chi connectivity index (χ1) is 22.9. The molecule has 4 amide bonds. The maximum absolute atomic E-state index is 12.7. The molecule has 0 spiro atoms. The van der Waals surface area contributed by atoms with E-state index in [1.54, 1.807) is 12.0 Å². The number of rotatable bonds is 13. The Morgan fingerprint density at radius 1 is 1.00 bits per heavy atom. The SMILES string of the molecule is C/C=C(CC)/C(=C\N/C=C/C(C)C)CCC(=O)Nc1cc(CN(C)C)ccc1OC.NC(=O)N1CCN(C(=O)c2ccc(F)cc2)CC1. The Labute approximate surface area is 285 Å². The number of hydrogen-bond donors (Lipinski definition) is 3. The van der Waals surface area contributed by atoms with Crippen molar-refractivity contribution in [1.29, 1.82) is 0 Å². The predicted octanol–water partition coefficient (Wildman–Crippen LogP) is 6.14. The molecule has 0 aliphatic carbocycles. The molecule has 262 valence electrons. The number of hydrogen-bond acceptors (Lipinski definition) is 6. The van der Waals surface area contributed by atoms with E-state index in [4.69, 9.17) is 10.5 Å². The standard InChI is InChI=1S/C25H39N3O2.C12H14FN3O2/c1-8-21(9-2)22(17-26-15-14-19(3)4)11-13-25(29)27-23-16-20(18-28(5)6)10-12-24(23)30-7;13-10-3-1-9(2-4-10)11(17)15-5-7-16(8-6-15)12(14)18/h8,10,12,14-17,19,26H,9,11,13,18H2,1-7H3,(H,27,29);1-4H,5-8H2,(H2,14,18)/b15-14+,21-8+,22-17-;. The minimum Gasteiger partial charge on any atom is -0.495 e. The summed E-state index contributed by atoms with van der Waals surface area (Å²) in [6, 6.07) is 10.9. The molecule has 10 nitrogen and oxygen atoms in total. The van der Waals surface area contributed by atoms with Gasteiger partial charge >= 0.3 is 6.03 Å². The Balaban J connectivity index is 0.000000376. The Hall–Kier alpha value is -4.64. The molecule has 2 aromatic rings. The van der Waals surface area contributed by atoms with Crippen LogP contribution in [-0.2, 0) is 11.3 Å². The van der Waals surface area contributed by atoms with Gasteiger partial charge in [0.25, 0.3) is 5.91 Å². The van der Waals surface area contributed by atoms with Gasteiger partial charge in [0.05, 0.1) is 12.8 Å². The van der Waals surface area contributed by atoms with E-state index in [0.29, 0.717) is 61.9 Å². The van der Waals surface area contributed by atoms with Crippen molar-refractivity contribution in [3.8, 4) is 5.75 Å². The number of amides is 4. The molecule has 48 heavy (non-hydrogen) atoms. The van der Waals surface area contributed by atoms with E-state index in [1.807, 2.05) is 51.6 Å². The lowest BCUT2D eigenvalue weighted by Crippen LogP contribution is -2.52. The van der Waals surface area contributed by atoms with Crippen LogP contribution in [0.15, 0.2) is 78.2 Å². The minimum atomic E-state index is -0.469. The number of nitrogens with two attached hydrogens (primary N) is 1. The predicted molar refractivity (Wildman–Crippen MR) is 191 cm³/mol. The zero-order chi connectivity index (χ0) is 35.6. The number of primary amides is 1. The number of carbonyl (C=O) groups excluding carboxylic acids is 3. The molecule has 3 rings (SSSR count). The average Bonchev–Trinajstić information content (AvgIpc) is 3.05. The highest BCUT2D eigenvalue weighted by atomic mass is 19.1. The normalized spacial score (nSPS) is 13.8. The molecule has 0 saturated carbocycles. The van der Waals surface area contributed by atoms with Crippen molar-refractivity contribution in [2.75, 3.05) is 52.7 Å². The molecular formula is C37H53FN6O4. The fraction of sp³-hybridized carbons (Fsp3) is 0.432. The van der Waals surface area contributed by atoms with E-state index in [2.05, 4.69) is 48.5 Å². The quantitative estimate of drug-likeness (QED) is 0.222. The summed E-state index contributed by atoms with van der Waals surface area (Å²) in [5.41, 5.74) is 9.85. The minimum absolute atomic E-state index is 0.0227. The van der Waals surface area contributed by atoms with Gasteiger partial charge in [-0.1, -0.05) is 39.0 Å². The summed E-state index contributed by atoms with van der Waals surface area (Å²) in [5, 5.41) is 6.27. The molecule has 4 N–H and O–H groups in total. The van der Waals surface area contributed by atoms with Gasteiger partial charge in [0.2, 0.25) is 5.91 Å². The molecule has 0 unspecified atom stereocenters. The van der Waals surface area contributed by atoms with Gasteiger partial charge < -0.3 is 35.8 Å². The van der Waals surface area contributed by atoms with Crippen LogP contribution in [0.3, 0.4) is 0 Å². The number of anilines is 1. The molecule has 0 atom stereocenters. The fourth-order valence-electron chi connectivity index (χ4n) is 5.02.